The van der Waals surface area contributed by atoms with Gasteiger partial charge in [0.2, 0.25) is 0 Å². The molecule has 0 aliphatic carbocycles. The van der Waals surface area contributed by atoms with Gasteiger partial charge in [-0.05, 0) is 72.1 Å². The number of rotatable bonds is 6. The maximum absolute atomic E-state index is 10.3. The number of nitrogens with one attached hydrogen (secondary N) is 2. The van der Waals surface area contributed by atoms with Gasteiger partial charge in [0, 0.05) is 18.6 Å². The third-order valence-electron chi connectivity index (χ3n) is 3.73. The van der Waals surface area contributed by atoms with Crippen molar-refractivity contribution in [1.29, 1.82) is 0 Å². The number of phenolic OH excluding ortho intramolecular Hbond substituents is 2. The number of benzene rings is 2. The minimum atomic E-state index is -0.664. The largest absolute Gasteiger partial charge is 0.507 e. The summed E-state index contributed by atoms with van der Waals surface area (Å²) in [4.78, 5) is 0. The second-order valence-corrected chi connectivity index (χ2v) is 7.92. The number of hydrogen-bond acceptors (Lipinski definition) is 5. The molecule has 0 spiro atoms. The van der Waals surface area contributed by atoms with Crippen LogP contribution in [-0.2, 0) is 6.54 Å². The molecule has 0 saturated heterocycles. The smallest absolute Gasteiger partial charge is 0.138 e. The summed E-state index contributed by atoms with van der Waals surface area (Å²) in [6.45, 7) is 7.03. The van der Waals surface area contributed by atoms with E-state index < -0.39 is 6.10 Å². The molecule has 1 unspecified atom stereocenters. The minimum absolute atomic E-state index is 0.0781. The van der Waals surface area contributed by atoms with Crippen molar-refractivity contribution in [2.75, 3.05) is 11.9 Å². The maximum Gasteiger partial charge on any atom is 0.138 e. The molecule has 2 aromatic rings. The van der Waals surface area contributed by atoms with E-state index in [2.05, 4.69) is 26.6 Å². The van der Waals surface area contributed by atoms with Crippen molar-refractivity contribution < 1.29 is 15.3 Å². The summed E-state index contributed by atoms with van der Waals surface area (Å²) in [7, 11) is 0. The molecule has 0 bridgehead atoms. The van der Waals surface area contributed by atoms with Gasteiger partial charge in [-0.15, -0.1) is 0 Å². The van der Waals surface area contributed by atoms with Gasteiger partial charge in [0.15, 0.2) is 0 Å². The van der Waals surface area contributed by atoms with Gasteiger partial charge in [-0.25, -0.2) is 0 Å². The third kappa shape index (κ3) is 5.92. The van der Waals surface area contributed by atoms with Gasteiger partial charge in [-0.3, -0.25) is 0 Å². The van der Waals surface area contributed by atoms with Crippen LogP contribution < -0.4 is 10.6 Å². The lowest BCUT2D eigenvalue weighted by atomic mass is 10.1. The number of aliphatic hydroxyl groups excluding tert-OH is 1. The Morgan fingerprint density at radius 1 is 1.04 bits per heavy atom. The molecule has 0 aliphatic rings. The van der Waals surface area contributed by atoms with Crippen molar-refractivity contribution in [3.63, 3.8) is 0 Å². The van der Waals surface area contributed by atoms with Crippen LogP contribution in [0, 0.1) is 0 Å². The number of aliphatic hydroxyl groups is 1. The highest BCUT2D eigenvalue weighted by molar-refractivity contribution is 9.10. The van der Waals surface area contributed by atoms with Crippen LogP contribution in [0.2, 0.25) is 0 Å². The first-order valence-electron chi connectivity index (χ1n) is 8.13. The fraction of sp³-hybridized carbons (Fsp3) is 0.368. The van der Waals surface area contributed by atoms with Crippen molar-refractivity contribution in [3.05, 3.63) is 52.0 Å². The molecule has 0 fully saturated rings. The Bertz CT molecular complexity index is 729. The highest BCUT2D eigenvalue weighted by Crippen LogP contribution is 2.29. The monoisotopic (exact) mass is 408 g/mol. The summed E-state index contributed by atoms with van der Waals surface area (Å²) < 4.78 is 0.619. The summed E-state index contributed by atoms with van der Waals surface area (Å²) in [5, 5.41) is 36.3. The van der Waals surface area contributed by atoms with E-state index in [1.165, 1.54) is 0 Å². The molecule has 0 radical (unpaired) electrons. The van der Waals surface area contributed by atoms with Gasteiger partial charge in [-0.1, -0.05) is 12.1 Å². The first-order chi connectivity index (χ1) is 11.7. The van der Waals surface area contributed by atoms with E-state index in [0.717, 1.165) is 11.1 Å². The van der Waals surface area contributed by atoms with Crippen molar-refractivity contribution in [3.8, 4) is 11.5 Å². The predicted octanol–water partition coefficient (Wildman–Crippen LogP) is 3.89. The van der Waals surface area contributed by atoms with E-state index in [1.807, 2.05) is 26.8 Å². The molecule has 5 nitrogen and oxygen atoms in total. The topological polar surface area (TPSA) is 84.8 Å². The molecule has 0 aromatic heterocycles. The highest BCUT2D eigenvalue weighted by atomic mass is 79.9. The standard InChI is InChI=1S/C19H25BrN2O3/c1-19(2,3)22-11-18(25)13-5-7-17(24)15(9-13)21-10-12-4-6-16(23)14(20)8-12/h4-9,18,21-25H,10-11H2,1-3H3. The summed E-state index contributed by atoms with van der Waals surface area (Å²) in [6, 6.07) is 10.3. The van der Waals surface area contributed by atoms with Crippen LogP contribution in [0.15, 0.2) is 40.9 Å². The number of anilines is 1. The molecule has 0 heterocycles. The van der Waals surface area contributed by atoms with E-state index in [-0.39, 0.29) is 17.0 Å². The second kappa shape index (κ2) is 8.08. The Balaban J connectivity index is 2.06. The molecular formula is C19H25BrN2O3. The number of hydrogen-bond donors (Lipinski definition) is 5. The van der Waals surface area contributed by atoms with Crippen LogP contribution >= 0.6 is 15.9 Å². The normalized spacial score (nSPS) is 12.8. The Morgan fingerprint density at radius 2 is 1.72 bits per heavy atom. The van der Waals surface area contributed by atoms with Gasteiger partial charge in [0.05, 0.1) is 16.3 Å². The Labute approximate surface area is 156 Å². The zero-order valence-corrected chi connectivity index (χ0v) is 16.3. The first-order valence-corrected chi connectivity index (χ1v) is 8.92. The molecule has 5 N–H and O–H groups in total. The van der Waals surface area contributed by atoms with Gasteiger partial charge in [0.1, 0.15) is 11.5 Å². The summed E-state index contributed by atoms with van der Waals surface area (Å²) >= 11 is 3.28. The van der Waals surface area contributed by atoms with Crippen molar-refractivity contribution >= 4 is 21.6 Å². The van der Waals surface area contributed by atoms with E-state index in [1.54, 1.807) is 30.3 Å². The fourth-order valence-electron chi connectivity index (χ4n) is 2.28. The third-order valence-corrected chi connectivity index (χ3v) is 4.36. The molecule has 6 heteroatoms. The lowest BCUT2D eigenvalue weighted by Crippen LogP contribution is -2.38. The molecule has 0 amide bonds. The first kappa shape index (κ1) is 19.6. The highest BCUT2D eigenvalue weighted by Gasteiger charge is 2.15. The molecule has 2 aromatic carbocycles. The molecule has 0 aliphatic heterocycles. The van der Waals surface area contributed by atoms with Gasteiger partial charge in [-0.2, -0.15) is 0 Å². The maximum atomic E-state index is 10.3. The van der Waals surface area contributed by atoms with Crippen LogP contribution in [0.5, 0.6) is 11.5 Å². The lowest BCUT2D eigenvalue weighted by molar-refractivity contribution is 0.163. The van der Waals surface area contributed by atoms with E-state index >= 15 is 0 Å². The average molecular weight is 409 g/mol. The zero-order valence-electron chi connectivity index (χ0n) is 14.7. The van der Waals surface area contributed by atoms with Crippen LogP contribution in [0.1, 0.15) is 38.0 Å². The Hall–Kier alpha value is -1.76. The Morgan fingerprint density at radius 3 is 2.36 bits per heavy atom. The molecular weight excluding hydrogens is 384 g/mol. The number of phenols is 2. The fourth-order valence-corrected chi connectivity index (χ4v) is 2.71. The van der Waals surface area contributed by atoms with E-state index in [0.29, 0.717) is 23.2 Å². The molecule has 2 rings (SSSR count). The summed E-state index contributed by atoms with van der Waals surface area (Å²) in [5.41, 5.74) is 2.15. The quantitative estimate of drug-likeness (QED) is 0.468. The molecule has 136 valence electrons. The molecule has 1 atom stereocenters. The SMILES string of the molecule is CC(C)(C)NCC(O)c1ccc(O)c(NCc2ccc(O)c(Br)c2)c1. The van der Waals surface area contributed by atoms with Gasteiger partial charge >= 0.3 is 0 Å². The predicted molar refractivity (Wildman–Crippen MR) is 104 cm³/mol. The van der Waals surface area contributed by atoms with E-state index in [4.69, 9.17) is 0 Å². The summed E-state index contributed by atoms with van der Waals surface area (Å²) in [6.07, 6.45) is -0.664. The molecule has 25 heavy (non-hydrogen) atoms. The van der Waals surface area contributed by atoms with Crippen LogP contribution in [0.25, 0.3) is 0 Å². The van der Waals surface area contributed by atoms with Crippen LogP contribution in [-0.4, -0.2) is 27.4 Å². The van der Waals surface area contributed by atoms with Gasteiger partial charge in [0.25, 0.3) is 0 Å². The lowest BCUT2D eigenvalue weighted by Gasteiger charge is -2.23. The molecule has 0 saturated carbocycles. The number of β-amino-alcohol motifs (C(OH)–C–C–N with tert-alkyl or cyclic N) is 1. The minimum Gasteiger partial charge on any atom is -0.507 e. The average Bonchev–Trinajstić information content (AvgIpc) is 2.54. The van der Waals surface area contributed by atoms with Crippen molar-refractivity contribution in [2.45, 2.75) is 39.0 Å². The van der Waals surface area contributed by atoms with Crippen molar-refractivity contribution in [1.82, 2.24) is 5.32 Å². The number of aromatic hydroxyl groups is 2. The van der Waals surface area contributed by atoms with Crippen LogP contribution in [0.4, 0.5) is 5.69 Å². The second-order valence-electron chi connectivity index (χ2n) is 7.06. The zero-order chi connectivity index (χ0) is 18.6. The van der Waals surface area contributed by atoms with Crippen LogP contribution in [0.3, 0.4) is 0 Å². The Kier molecular flexibility index (Phi) is 6.32. The van der Waals surface area contributed by atoms with Gasteiger partial charge < -0.3 is 26.0 Å². The summed E-state index contributed by atoms with van der Waals surface area (Å²) in [5.74, 6) is 0.306. The van der Waals surface area contributed by atoms with Crippen molar-refractivity contribution in [2.24, 2.45) is 0 Å². The number of halogens is 1. The van der Waals surface area contributed by atoms with E-state index in [9.17, 15) is 15.3 Å².